The van der Waals surface area contributed by atoms with Gasteiger partial charge in [-0.3, -0.25) is 0 Å². The van der Waals surface area contributed by atoms with E-state index < -0.39 is 0 Å². The van der Waals surface area contributed by atoms with Crippen LogP contribution in [0, 0.1) is 0 Å². The summed E-state index contributed by atoms with van der Waals surface area (Å²) in [5.74, 6) is 0. The van der Waals surface area contributed by atoms with Crippen molar-refractivity contribution in [3.8, 4) is 0 Å². The molecular weight excluding hydrogens is 172 g/mol. The summed E-state index contributed by atoms with van der Waals surface area (Å²) >= 11 is 0. The van der Waals surface area contributed by atoms with E-state index in [2.05, 4.69) is 42.0 Å². The van der Waals surface area contributed by atoms with Crippen molar-refractivity contribution < 1.29 is 0 Å². The van der Waals surface area contributed by atoms with Crippen molar-refractivity contribution in [2.45, 2.75) is 26.4 Å². The van der Waals surface area contributed by atoms with Crippen molar-refractivity contribution in [2.75, 3.05) is 0 Å². The molecule has 1 atom stereocenters. The zero-order chi connectivity index (χ0) is 10.1. The fourth-order valence-corrected chi connectivity index (χ4v) is 1.76. The van der Waals surface area contributed by atoms with Gasteiger partial charge in [0.05, 0.1) is 0 Å². The molecule has 0 radical (unpaired) electrons. The number of hydrogen-bond acceptors (Lipinski definition) is 1. The lowest BCUT2D eigenvalue weighted by molar-refractivity contribution is 0.790. The second kappa shape index (κ2) is 3.46. The first-order chi connectivity index (χ1) is 6.72. The summed E-state index contributed by atoms with van der Waals surface area (Å²) in [5.41, 5.74) is 8.34. The zero-order valence-electron chi connectivity index (χ0n) is 8.70. The number of aromatic nitrogens is 1. The van der Waals surface area contributed by atoms with Crippen LogP contribution >= 0.6 is 0 Å². The van der Waals surface area contributed by atoms with Gasteiger partial charge >= 0.3 is 0 Å². The van der Waals surface area contributed by atoms with E-state index in [4.69, 9.17) is 5.73 Å². The Morgan fingerprint density at radius 1 is 1.36 bits per heavy atom. The normalized spacial score (nSPS) is 13.4. The molecule has 14 heavy (non-hydrogen) atoms. The van der Waals surface area contributed by atoms with E-state index >= 15 is 0 Å². The summed E-state index contributed by atoms with van der Waals surface area (Å²) < 4.78 is 2.24. The molecule has 2 N–H and O–H groups in total. The average Bonchev–Trinajstić information content (AvgIpc) is 2.59. The summed E-state index contributed by atoms with van der Waals surface area (Å²) in [6, 6.07) is 8.68. The number of fused-ring (bicyclic) bond motifs is 1. The number of nitrogens with two attached hydrogens (primary N) is 1. The van der Waals surface area contributed by atoms with Gasteiger partial charge in [0.25, 0.3) is 0 Å². The van der Waals surface area contributed by atoms with E-state index in [0.717, 1.165) is 6.54 Å². The first-order valence-corrected chi connectivity index (χ1v) is 5.06. The van der Waals surface area contributed by atoms with Crippen LogP contribution in [0.15, 0.2) is 30.5 Å². The Labute approximate surface area is 84.3 Å². The molecule has 0 spiro atoms. The van der Waals surface area contributed by atoms with E-state index in [-0.39, 0.29) is 6.04 Å². The topological polar surface area (TPSA) is 30.9 Å². The van der Waals surface area contributed by atoms with Gasteiger partial charge in [0.1, 0.15) is 0 Å². The highest BCUT2D eigenvalue weighted by Crippen LogP contribution is 2.20. The maximum Gasteiger partial charge on any atom is 0.0483 e. The molecule has 1 aromatic heterocycles. The minimum absolute atomic E-state index is 0.111. The van der Waals surface area contributed by atoms with Crippen LogP contribution in [-0.2, 0) is 6.54 Å². The van der Waals surface area contributed by atoms with Gasteiger partial charge in [-0.15, -0.1) is 0 Å². The molecule has 0 fully saturated rings. The predicted octanol–water partition coefficient (Wildman–Crippen LogP) is 2.68. The van der Waals surface area contributed by atoms with Gasteiger partial charge in [-0.25, -0.2) is 0 Å². The van der Waals surface area contributed by atoms with Crippen LogP contribution in [0.2, 0.25) is 0 Å². The van der Waals surface area contributed by atoms with Gasteiger partial charge in [0.2, 0.25) is 0 Å². The number of hydrogen-bond donors (Lipinski definition) is 1. The molecule has 0 saturated carbocycles. The summed E-state index contributed by atoms with van der Waals surface area (Å²) in [6.07, 6.45) is 2.12. The first-order valence-electron chi connectivity index (χ1n) is 5.06. The quantitative estimate of drug-likeness (QED) is 0.771. The van der Waals surface area contributed by atoms with Crippen LogP contribution in [0.1, 0.15) is 25.5 Å². The third-order valence-corrected chi connectivity index (χ3v) is 2.66. The Bertz CT molecular complexity index is 441. The van der Waals surface area contributed by atoms with E-state index in [1.165, 1.54) is 16.5 Å². The van der Waals surface area contributed by atoms with Crippen molar-refractivity contribution in [3.05, 3.63) is 36.0 Å². The van der Waals surface area contributed by atoms with Crippen LogP contribution in [0.25, 0.3) is 10.9 Å². The van der Waals surface area contributed by atoms with Gasteiger partial charge in [0.15, 0.2) is 0 Å². The smallest absolute Gasteiger partial charge is 0.0483 e. The number of rotatable bonds is 2. The molecule has 1 heterocycles. The third kappa shape index (κ3) is 1.42. The largest absolute Gasteiger partial charge is 0.348 e. The van der Waals surface area contributed by atoms with Crippen LogP contribution in [0.5, 0.6) is 0 Å². The first kappa shape index (κ1) is 9.28. The van der Waals surface area contributed by atoms with Gasteiger partial charge in [-0.05, 0) is 36.9 Å². The number of benzene rings is 1. The van der Waals surface area contributed by atoms with Crippen molar-refractivity contribution in [2.24, 2.45) is 5.73 Å². The van der Waals surface area contributed by atoms with E-state index in [1.807, 2.05) is 6.92 Å². The molecule has 2 heteroatoms. The van der Waals surface area contributed by atoms with Crippen LogP contribution in [0.3, 0.4) is 0 Å². The molecule has 0 saturated heterocycles. The van der Waals surface area contributed by atoms with E-state index in [9.17, 15) is 0 Å². The fourth-order valence-electron chi connectivity index (χ4n) is 1.76. The summed E-state index contributed by atoms with van der Waals surface area (Å²) in [4.78, 5) is 0. The molecule has 1 unspecified atom stereocenters. The second-order valence-corrected chi connectivity index (χ2v) is 3.71. The SMILES string of the molecule is CCn1ccc2ccc(C(C)N)cc21. The highest BCUT2D eigenvalue weighted by molar-refractivity contribution is 5.80. The molecule has 0 aliphatic heterocycles. The van der Waals surface area contributed by atoms with Gasteiger partial charge in [0, 0.05) is 24.3 Å². The number of nitrogens with zero attached hydrogens (tertiary/aromatic N) is 1. The van der Waals surface area contributed by atoms with Gasteiger partial charge < -0.3 is 10.3 Å². The molecular formula is C12H16N2. The van der Waals surface area contributed by atoms with Crippen LogP contribution in [-0.4, -0.2) is 4.57 Å². The van der Waals surface area contributed by atoms with Crippen molar-refractivity contribution in [1.82, 2.24) is 4.57 Å². The standard InChI is InChI=1S/C12H16N2/c1-3-14-7-6-10-4-5-11(9(2)13)8-12(10)14/h4-9H,3,13H2,1-2H3. The minimum Gasteiger partial charge on any atom is -0.348 e. The lowest BCUT2D eigenvalue weighted by Gasteiger charge is -2.07. The molecule has 2 aromatic rings. The second-order valence-electron chi connectivity index (χ2n) is 3.71. The highest BCUT2D eigenvalue weighted by atomic mass is 14.9. The minimum atomic E-state index is 0.111. The summed E-state index contributed by atoms with van der Waals surface area (Å²) in [5, 5.41) is 1.29. The molecule has 2 nitrogen and oxygen atoms in total. The molecule has 0 aliphatic rings. The molecule has 2 rings (SSSR count). The molecule has 1 aromatic carbocycles. The van der Waals surface area contributed by atoms with Crippen molar-refractivity contribution in [1.29, 1.82) is 0 Å². The molecule has 74 valence electrons. The number of aryl methyl sites for hydroxylation is 1. The zero-order valence-corrected chi connectivity index (χ0v) is 8.70. The Kier molecular flexibility index (Phi) is 2.30. The Morgan fingerprint density at radius 2 is 2.14 bits per heavy atom. The highest BCUT2D eigenvalue weighted by Gasteiger charge is 2.03. The lowest BCUT2D eigenvalue weighted by Crippen LogP contribution is -2.04. The maximum atomic E-state index is 5.86. The van der Waals surface area contributed by atoms with Crippen LogP contribution in [0.4, 0.5) is 0 Å². The molecule has 0 aliphatic carbocycles. The van der Waals surface area contributed by atoms with Crippen molar-refractivity contribution in [3.63, 3.8) is 0 Å². The van der Waals surface area contributed by atoms with Crippen LogP contribution < -0.4 is 5.73 Å². The Hall–Kier alpha value is -1.28. The van der Waals surface area contributed by atoms with Gasteiger partial charge in [-0.2, -0.15) is 0 Å². The lowest BCUT2D eigenvalue weighted by atomic mass is 10.1. The maximum absolute atomic E-state index is 5.86. The van der Waals surface area contributed by atoms with Crippen molar-refractivity contribution >= 4 is 10.9 Å². The summed E-state index contributed by atoms with van der Waals surface area (Å²) in [6.45, 7) is 5.17. The predicted molar refractivity (Wildman–Crippen MR) is 60.2 cm³/mol. The third-order valence-electron chi connectivity index (χ3n) is 2.66. The summed E-state index contributed by atoms with van der Waals surface area (Å²) in [7, 11) is 0. The van der Waals surface area contributed by atoms with E-state index in [0.29, 0.717) is 0 Å². The van der Waals surface area contributed by atoms with E-state index in [1.54, 1.807) is 0 Å². The Balaban J connectivity index is 2.61. The Morgan fingerprint density at radius 3 is 2.79 bits per heavy atom. The molecule has 0 amide bonds. The average molecular weight is 188 g/mol. The van der Waals surface area contributed by atoms with Gasteiger partial charge in [-0.1, -0.05) is 12.1 Å². The molecule has 0 bridgehead atoms. The fraction of sp³-hybridized carbons (Fsp3) is 0.333. The monoisotopic (exact) mass is 188 g/mol.